The predicted octanol–water partition coefficient (Wildman–Crippen LogP) is 2.16. The Hall–Kier alpha value is -2.82. The molecule has 10 heteroatoms. The molecule has 1 aliphatic rings. The van der Waals surface area contributed by atoms with Gasteiger partial charge in [-0.05, 0) is 30.3 Å². The first-order valence-corrected chi connectivity index (χ1v) is 9.72. The summed E-state index contributed by atoms with van der Waals surface area (Å²) in [7, 11) is -3.55. The zero-order chi connectivity index (χ0) is 19.0. The number of hydrogen-bond donors (Lipinski definition) is 1. The number of aromatic nitrogens is 2. The van der Waals surface area contributed by atoms with Gasteiger partial charge in [0.1, 0.15) is 5.82 Å². The average molecular weight is 388 g/mol. The van der Waals surface area contributed by atoms with Gasteiger partial charge in [0, 0.05) is 30.8 Å². The summed E-state index contributed by atoms with van der Waals surface area (Å²) in [5.41, 5.74) is 1.81. The molecule has 1 N–H and O–H groups in total. The van der Waals surface area contributed by atoms with Crippen LogP contribution in [0.4, 0.5) is 5.69 Å². The van der Waals surface area contributed by atoms with Crippen molar-refractivity contribution in [2.24, 2.45) is 0 Å². The van der Waals surface area contributed by atoms with Gasteiger partial charge >= 0.3 is 0 Å². The first kappa shape index (κ1) is 17.6. The van der Waals surface area contributed by atoms with Crippen LogP contribution < -0.4 is 0 Å². The Labute approximate surface area is 154 Å². The van der Waals surface area contributed by atoms with E-state index in [4.69, 9.17) is 4.74 Å². The van der Waals surface area contributed by atoms with E-state index in [0.717, 1.165) is 0 Å². The first-order valence-electron chi connectivity index (χ1n) is 8.28. The predicted molar refractivity (Wildman–Crippen MR) is 97.8 cm³/mol. The van der Waals surface area contributed by atoms with Gasteiger partial charge in [0.25, 0.3) is 5.69 Å². The van der Waals surface area contributed by atoms with Crippen molar-refractivity contribution < 1.29 is 18.1 Å². The quantitative estimate of drug-likeness (QED) is 0.540. The van der Waals surface area contributed by atoms with Crippen molar-refractivity contribution in [2.45, 2.75) is 4.90 Å². The molecule has 0 spiro atoms. The molecule has 0 saturated carbocycles. The van der Waals surface area contributed by atoms with Crippen LogP contribution in [0.1, 0.15) is 0 Å². The third-order valence-corrected chi connectivity index (χ3v) is 6.32. The fraction of sp³-hybridized carbons (Fsp3) is 0.235. The lowest BCUT2D eigenvalue weighted by molar-refractivity contribution is -0.384. The van der Waals surface area contributed by atoms with Crippen molar-refractivity contribution in [2.75, 3.05) is 26.3 Å². The number of nitro groups is 1. The van der Waals surface area contributed by atoms with Crippen LogP contribution in [0.3, 0.4) is 0 Å². The van der Waals surface area contributed by atoms with E-state index in [-0.39, 0.29) is 10.6 Å². The molecular formula is C17H16N4O5S. The second kappa shape index (κ2) is 6.72. The van der Waals surface area contributed by atoms with Crippen LogP contribution in [-0.2, 0) is 14.8 Å². The molecule has 4 rings (SSSR count). The summed E-state index contributed by atoms with van der Waals surface area (Å²) in [6.07, 6.45) is 0. The molecule has 0 bridgehead atoms. The number of ether oxygens (including phenoxy) is 1. The van der Waals surface area contributed by atoms with Gasteiger partial charge < -0.3 is 9.72 Å². The van der Waals surface area contributed by atoms with Crippen molar-refractivity contribution >= 4 is 26.7 Å². The van der Waals surface area contributed by atoms with Crippen molar-refractivity contribution in [3.63, 3.8) is 0 Å². The summed E-state index contributed by atoms with van der Waals surface area (Å²) < 4.78 is 31.9. The number of aromatic amines is 1. The van der Waals surface area contributed by atoms with E-state index >= 15 is 0 Å². The van der Waals surface area contributed by atoms with Crippen LogP contribution in [0.5, 0.6) is 0 Å². The van der Waals surface area contributed by atoms with E-state index in [0.29, 0.717) is 48.7 Å². The number of rotatable bonds is 4. The molecule has 0 unspecified atom stereocenters. The van der Waals surface area contributed by atoms with Crippen molar-refractivity contribution in [1.82, 2.24) is 14.3 Å². The molecule has 0 aliphatic carbocycles. The van der Waals surface area contributed by atoms with Gasteiger partial charge in [0.15, 0.2) is 0 Å². The number of fused-ring (bicyclic) bond motifs is 1. The Morgan fingerprint density at radius 3 is 2.48 bits per heavy atom. The normalized spacial score (nSPS) is 15.9. The van der Waals surface area contributed by atoms with Crippen LogP contribution >= 0.6 is 0 Å². The first-order chi connectivity index (χ1) is 12.9. The number of nitrogens with zero attached hydrogens (tertiary/aromatic N) is 3. The Morgan fingerprint density at radius 1 is 1.11 bits per heavy atom. The third kappa shape index (κ3) is 3.29. The molecule has 9 nitrogen and oxygen atoms in total. The van der Waals surface area contributed by atoms with Gasteiger partial charge in [0.05, 0.1) is 34.1 Å². The summed E-state index contributed by atoms with van der Waals surface area (Å²) in [5.74, 6) is 0.515. The minimum atomic E-state index is -3.55. The molecule has 1 aromatic heterocycles. The lowest BCUT2D eigenvalue weighted by Crippen LogP contribution is -2.40. The van der Waals surface area contributed by atoms with Gasteiger partial charge in [-0.25, -0.2) is 13.4 Å². The fourth-order valence-electron chi connectivity index (χ4n) is 2.97. The van der Waals surface area contributed by atoms with E-state index < -0.39 is 14.9 Å². The van der Waals surface area contributed by atoms with Gasteiger partial charge in [-0.1, -0.05) is 0 Å². The van der Waals surface area contributed by atoms with E-state index in [1.807, 2.05) is 0 Å². The second-order valence-electron chi connectivity index (χ2n) is 6.08. The SMILES string of the molecule is O=[N+]([O-])c1ccc2nc(-c3ccc(S(=O)(=O)N4CCOCC4)cc3)[nH]c2c1. The van der Waals surface area contributed by atoms with Crippen LogP contribution in [0.2, 0.25) is 0 Å². The molecule has 0 amide bonds. The molecule has 3 aromatic rings. The molecule has 2 aromatic carbocycles. The number of imidazole rings is 1. The minimum Gasteiger partial charge on any atom is -0.379 e. The Morgan fingerprint density at radius 2 is 1.81 bits per heavy atom. The smallest absolute Gasteiger partial charge is 0.271 e. The zero-order valence-corrected chi connectivity index (χ0v) is 15.0. The van der Waals surface area contributed by atoms with Crippen molar-refractivity contribution in [3.05, 3.63) is 52.6 Å². The maximum atomic E-state index is 12.7. The summed E-state index contributed by atoms with van der Waals surface area (Å²) in [6.45, 7) is 1.46. The number of hydrogen-bond acceptors (Lipinski definition) is 6. The lowest BCUT2D eigenvalue weighted by Gasteiger charge is -2.26. The Balaban J connectivity index is 1.64. The number of nitro benzene ring substituents is 1. The number of H-pyrrole nitrogens is 1. The highest BCUT2D eigenvalue weighted by Crippen LogP contribution is 2.25. The maximum Gasteiger partial charge on any atom is 0.271 e. The standard InChI is InChI=1S/C17H16N4O5S/c22-21(23)13-3-6-15-16(11-13)19-17(18-15)12-1-4-14(5-2-12)27(24,25)20-7-9-26-10-8-20/h1-6,11H,7-10H2,(H,18,19). The molecule has 1 saturated heterocycles. The summed E-state index contributed by atoms with van der Waals surface area (Å²) >= 11 is 0. The minimum absolute atomic E-state index is 0.0235. The molecule has 0 atom stereocenters. The molecule has 0 radical (unpaired) electrons. The summed E-state index contributed by atoms with van der Waals surface area (Å²) in [6, 6.07) is 10.8. The highest BCUT2D eigenvalue weighted by atomic mass is 32.2. The maximum absolute atomic E-state index is 12.7. The fourth-order valence-corrected chi connectivity index (χ4v) is 4.38. The van der Waals surface area contributed by atoms with Crippen LogP contribution in [0.15, 0.2) is 47.4 Å². The van der Waals surface area contributed by atoms with Crippen LogP contribution in [0.25, 0.3) is 22.4 Å². The monoisotopic (exact) mass is 388 g/mol. The number of non-ortho nitro benzene ring substituents is 1. The third-order valence-electron chi connectivity index (χ3n) is 4.41. The van der Waals surface area contributed by atoms with Crippen LogP contribution in [-0.4, -0.2) is 53.9 Å². The Bertz CT molecular complexity index is 1100. The van der Waals surface area contributed by atoms with Gasteiger partial charge in [-0.15, -0.1) is 0 Å². The van der Waals surface area contributed by atoms with Gasteiger partial charge in [-0.3, -0.25) is 10.1 Å². The zero-order valence-electron chi connectivity index (χ0n) is 14.2. The molecule has 1 fully saturated rings. The van der Waals surface area contributed by atoms with E-state index in [1.165, 1.54) is 28.6 Å². The largest absolute Gasteiger partial charge is 0.379 e. The number of nitrogens with one attached hydrogen (secondary N) is 1. The van der Waals surface area contributed by atoms with E-state index in [1.54, 1.807) is 18.2 Å². The lowest BCUT2D eigenvalue weighted by atomic mass is 10.2. The van der Waals surface area contributed by atoms with E-state index in [9.17, 15) is 18.5 Å². The Kier molecular flexibility index (Phi) is 4.38. The van der Waals surface area contributed by atoms with Crippen LogP contribution in [0, 0.1) is 10.1 Å². The van der Waals surface area contributed by atoms with Crippen molar-refractivity contribution in [1.29, 1.82) is 0 Å². The number of sulfonamides is 1. The second-order valence-corrected chi connectivity index (χ2v) is 8.02. The summed E-state index contributed by atoms with van der Waals surface area (Å²) in [5, 5.41) is 10.9. The van der Waals surface area contributed by atoms with Gasteiger partial charge in [-0.2, -0.15) is 4.31 Å². The molecule has 140 valence electrons. The highest BCUT2D eigenvalue weighted by Gasteiger charge is 2.26. The molecule has 2 heterocycles. The van der Waals surface area contributed by atoms with Crippen molar-refractivity contribution in [3.8, 4) is 11.4 Å². The number of benzene rings is 2. The highest BCUT2D eigenvalue weighted by molar-refractivity contribution is 7.89. The van der Waals surface area contributed by atoms with E-state index in [2.05, 4.69) is 9.97 Å². The number of morpholine rings is 1. The molecule has 1 aliphatic heterocycles. The molecule has 27 heavy (non-hydrogen) atoms. The molecular weight excluding hydrogens is 372 g/mol. The van der Waals surface area contributed by atoms with Gasteiger partial charge in [0.2, 0.25) is 10.0 Å². The summed E-state index contributed by atoms with van der Waals surface area (Å²) in [4.78, 5) is 18.1. The average Bonchev–Trinajstić information content (AvgIpc) is 3.12. The topological polar surface area (TPSA) is 118 Å².